The predicted molar refractivity (Wildman–Crippen MR) is 89.4 cm³/mol. The third-order valence-corrected chi connectivity index (χ3v) is 7.14. The number of aryl methyl sites for hydroxylation is 1. The molecule has 0 radical (unpaired) electrons. The number of halogens is 2. The number of nitrogens with one attached hydrogen (secondary N) is 1. The van der Waals surface area contributed by atoms with Crippen molar-refractivity contribution in [2.75, 3.05) is 19.6 Å². The van der Waals surface area contributed by atoms with E-state index in [1.807, 2.05) is 13.0 Å². The van der Waals surface area contributed by atoms with Gasteiger partial charge in [-0.3, -0.25) is 0 Å². The Hall–Kier alpha value is -0.140. The van der Waals surface area contributed by atoms with E-state index in [9.17, 15) is 8.42 Å². The molecule has 0 spiro atoms. The molecule has 0 amide bonds. The van der Waals surface area contributed by atoms with Gasteiger partial charge in [-0.15, -0.1) is 12.4 Å². The number of fused-ring (bicyclic) bond motifs is 1. The van der Waals surface area contributed by atoms with E-state index in [1.165, 1.54) is 0 Å². The molecule has 118 valence electrons. The fourth-order valence-electron chi connectivity index (χ4n) is 3.16. The average Bonchev–Trinajstić information content (AvgIpc) is 2.89. The number of rotatable bonds is 2. The normalized spacial score (nSPS) is 26.2. The highest BCUT2D eigenvalue weighted by Crippen LogP contribution is 2.29. The van der Waals surface area contributed by atoms with E-state index >= 15 is 0 Å². The molecule has 3 rings (SSSR count). The maximum absolute atomic E-state index is 12.7. The smallest absolute Gasteiger partial charge is 0.243 e. The summed E-state index contributed by atoms with van der Waals surface area (Å²) in [5.41, 5.74) is 0.948. The summed E-state index contributed by atoms with van der Waals surface area (Å²) >= 11 is 3.41. The van der Waals surface area contributed by atoms with Crippen LogP contribution in [0.25, 0.3) is 0 Å². The molecule has 1 aromatic carbocycles. The zero-order valence-corrected chi connectivity index (χ0v) is 15.1. The van der Waals surface area contributed by atoms with Crippen LogP contribution in [0.5, 0.6) is 0 Å². The average molecular weight is 396 g/mol. The summed E-state index contributed by atoms with van der Waals surface area (Å²) < 4.78 is 28.1. The molecule has 0 aromatic heterocycles. The second kappa shape index (κ2) is 6.54. The van der Waals surface area contributed by atoms with Gasteiger partial charge >= 0.3 is 0 Å². The van der Waals surface area contributed by atoms with Crippen LogP contribution in [0.4, 0.5) is 0 Å². The molecule has 1 N–H and O–H groups in total. The Kier molecular flexibility index (Phi) is 5.36. The molecule has 0 aliphatic carbocycles. The third-order valence-electron chi connectivity index (χ3n) is 4.39. The highest BCUT2D eigenvalue weighted by Gasteiger charge is 2.37. The van der Waals surface area contributed by atoms with Gasteiger partial charge in [-0.1, -0.05) is 15.9 Å². The Balaban J connectivity index is 0.00000161. The van der Waals surface area contributed by atoms with Crippen molar-refractivity contribution < 1.29 is 8.42 Å². The minimum atomic E-state index is -3.36. The van der Waals surface area contributed by atoms with Crippen molar-refractivity contribution in [3.8, 4) is 0 Å². The van der Waals surface area contributed by atoms with Crippen LogP contribution in [0.3, 0.4) is 0 Å². The Morgan fingerprint density at radius 2 is 2.10 bits per heavy atom. The molecule has 0 bridgehead atoms. The van der Waals surface area contributed by atoms with Crippen LogP contribution in [-0.2, 0) is 10.0 Å². The van der Waals surface area contributed by atoms with Gasteiger partial charge in [-0.25, -0.2) is 8.42 Å². The van der Waals surface area contributed by atoms with E-state index in [0.717, 1.165) is 29.4 Å². The molecule has 2 aliphatic heterocycles. The molecule has 4 nitrogen and oxygen atoms in total. The van der Waals surface area contributed by atoms with Crippen LogP contribution in [-0.4, -0.2) is 38.4 Å². The number of hydrogen-bond acceptors (Lipinski definition) is 3. The van der Waals surface area contributed by atoms with Crippen molar-refractivity contribution in [3.63, 3.8) is 0 Å². The second-order valence-electron chi connectivity index (χ2n) is 5.67. The lowest BCUT2D eigenvalue weighted by molar-refractivity contribution is 0.247. The molecular weight excluding hydrogens is 376 g/mol. The lowest BCUT2D eigenvalue weighted by Gasteiger charge is -2.34. The summed E-state index contributed by atoms with van der Waals surface area (Å²) in [6, 6.07) is 5.75. The topological polar surface area (TPSA) is 49.4 Å². The van der Waals surface area contributed by atoms with Crippen molar-refractivity contribution >= 4 is 38.4 Å². The van der Waals surface area contributed by atoms with Crippen LogP contribution in [0, 0.1) is 12.8 Å². The van der Waals surface area contributed by atoms with Crippen molar-refractivity contribution in [2.45, 2.75) is 30.7 Å². The van der Waals surface area contributed by atoms with Gasteiger partial charge in [-0.2, -0.15) is 4.31 Å². The third kappa shape index (κ3) is 3.29. The van der Waals surface area contributed by atoms with E-state index in [4.69, 9.17) is 0 Å². The first kappa shape index (κ1) is 17.2. The number of benzene rings is 1. The van der Waals surface area contributed by atoms with E-state index in [-0.39, 0.29) is 12.4 Å². The molecule has 2 unspecified atom stereocenters. The standard InChI is InChI=1S/C14H19BrN2O2S.ClH/c1-10-8-12(2-3-13(10)15)20(18,19)17-7-5-14-11(9-17)4-6-16-14;/h2-3,8,11,14,16H,4-7,9H2,1H3;1H. The number of sulfonamides is 1. The summed E-state index contributed by atoms with van der Waals surface area (Å²) in [5.74, 6) is 0.468. The summed E-state index contributed by atoms with van der Waals surface area (Å²) in [6.07, 6.45) is 2.00. The Morgan fingerprint density at radius 1 is 1.33 bits per heavy atom. The Bertz CT molecular complexity index is 623. The Morgan fingerprint density at radius 3 is 2.81 bits per heavy atom. The summed E-state index contributed by atoms with van der Waals surface area (Å²) in [6.45, 7) is 4.19. The SMILES string of the molecule is Cc1cc(S(=O)(=O)N2CCC3NCCC3C2)ccc1Br.Cl. The molecule has 7 heteroatoms. The molecule has 1 aromatic rings. The molecule has 0 saturated carbocycles. The first-order valence-corrected chi connectivity index (χ1v) is 9.21. The first-order valence-electron chi connectivity index (χ1n) is 6.98. The van der Waals surface area contributed by atoms with Gasteiger partial charge < -0.3 is 5.32 Å². The van der Waals surface area contributed by atoms with Gasteiger partial charge in [0.2, 0.25) is 10.0 Å². The van der Waals surface area contributed by atoms with Gasteiger partial charge in [0, 0.05) is 23.6 Å². The number of hydrogen-bond donors (Lipinski definition) is 1. The molecule has 2 saturated heterocycles. The fourth-order valence-corrected chi connectivity index (χ4v) is 5.00. The first-order chi connectivity index (χ1) is 9.48. The summed E-state index contributed by atoms with van der Waals surface area (Å²) in [7, 11) is -3.36. The predicted octanol–water partition coefficient (Wildman–Crippen LogP) is 2.55. The molecule has 2 fully saturated rings. The zero-order valence-electron chi connectivity index (χ0n) is 11.9. The monoisotopic (exact) mass is 394 g/mol. The van der Waals surface area contributed by atoms with E-state index in [0.29, 0.717) is 29.9 Å². The zero-order chi connectivity index (χ0) is 14.3. The largest absolute Gasteiger partial charge is 0.314 e. The Labute approximate surface area is 140 Å². The molecular formula is C14H20BrClN2O2S. The molecule has 2 atom stereocenters. The van der Waals surface area contributed by atoms with Gasteiger partial charge in [-0.05, 0) is 56.0 Å². The number of piperidine rings is 1. The van der Waals surface area contributed by atoms with Crippen LogP contribution in [0.15, 0.2) is 27.6 Å². The summed E-state index contributed by atoms with van der Waals surface area (Å²) in [5, 5.41) is 3.46. The van der Waals surface area contributed by atoms with Crippen molar-refractivity contribution in [1.82, 2.24) is 9.62 Å². The minimum Gasteiger partial charge on any atom is -0.314 e. The van der Waals surface area contributed by atoms with E-state index in [1.54, 1.807) is 16.4 Å². The molecule has 2 aliphatic rings. The van der Waals surface area contributed by atoms with Crippen molar-refractivity contribution in [1.29, 1.82) is 0 Å². The van der Waals surface area contributed by atoms with E-state index in [2.05, 4.69) is 21.2 Å². The van der Waals surface area contributed by atoms with Gasteiger partial charge in [0.05, 0.1) is 4.90 Å². The fraction of sp³-hybridized carbons (Fsp3) is 0.571. The lowest BCUT2D eigenvalue weighted by Crippen LogP contribution is -2.46. The highest BCUT2D eigenvalue weighted by atomic mass is 79.9. The van der Waals surface area contributed by atoms with Crippen molar-refractivity contribution in [2.24, 2.45) is 5.92 Å². The van der Waals surface area contributed by atoms with Gasteiger partial charge in [0.1, 0.15) is 0 Å². The maximum Gasteiger partial charge on any atom is 0.243 e. The summed E-state index contributed by atoms with van der Waals surface area (Å²) in [4.78, 5) is 0.405. The van der Waals surface area contributed by atoms with Crippen LogP contribution < -0.4 is 5.32 Å². The van der Waals surface area contributed by atoms with Crippen molar-refractivity contribution in [3.05, 3.63) is 28.2 Å². The molecule has 2 heterocycles. The quantitative estimate of drug-likeness (QED) is 0.837. The van der Waals surface area contributed by atoms with Crippen LogP contribution in [0.2, 0.25) is 0 Å². The van der Waals surface area contributed by atoms with Gasteiger partial charge in [0.25, 0.3) is 0 Å². The number of nitrogens with zero attached hydrogens (tertiary/aromatic N) is 1. The highest BCUT2D eigenvalue weighted by molar-refractivity contribution is 9.10. The van der Waals surface area contributed by atoms with E-state index < -0.39 is 10.0 Å². The maximum atomic E-state index is 12.7. The van der Waals surface area contributed by atoms with Gasteiger partial charge in [0.15, 0.2) is 0 Å². The second-order valence-corrected chi connectivity index (χ2v) is 8.46. The lowest BCUT2D eigenvalue weighted by atomic mass is 9.95. The minimum absolute atomic E-state index is 0. The van der Waals surface area contributed by atoms with Crippen LogP contribution >= 0.6 is 28.3 Å². The molecule has 21 heavy (non-hydrogen) atoms. The van der Waals surface area contributed by atoms with Crippen LogP contribution in [0.1, 0.15) is 18.4 Å².